The van der Waals surface area contributed by atoms with Crippen LogP contribution in [-0.2, 0) is 0 Å². The molecule has 0 N–H and O–H groups in total. The topological polar surface area (TPSA) is 36.0 Å². The molecule has 5 nitrogen and oxygen atoms in total. The fourth-order valence-electron chi connectivity index (χ4n) is 3.37. The van der Waals surface area contributed by atoms with Gasteiger partial charge in [0.2, 0.25) is 0 Å². The zero-order valence-corrected chi connectivity index (χ0v) is 14.0. The van der Waals surface area contributed by atoms with Gasteiger partial charge in [0.05, 0.1) is 12.2 Å². The lowest BCUT2D eigenvalue weighted by atomic mass is 10.1. The minimum Gasteiger partial charge on any atom is -0.489 e. The number of amides is 1. The van der Waals surface area contributed by atoms with Crippen molar-refractivity contribution in [1.82, 2.24) is 0 Å². The summed E-state index contributed by atoms with van der Waals surface area (Å²) in [6.45, 7) is 3.12. The highest BCUT2D eigenvalue weighted by molar-refractivity contribution is 6.09. The van der Waals surface area contributed by atoms with E-state index in [4.69, 9.17) is 4.74 Å². The van der Waals surface area contributed by atoms with Gasteiger partial charge in [-0.3, -0.25) is 4.79 Å². The minimum atomic E-state index is 0.0407. The van der Waals surface area contributed by atoms with Crippen molar-refractivity contribution in [2.45, 2.75) is 0 Å². The van der Waals surface area contributed by atoms with Gasteiger partial charge in [0.1, 0.15) is 18.0 Å². The van der Waals surface area contributed by atoms with Crippen LogP contribution in [0.4, 0.5) is 17.1 Å². The summed E-state index contributed by atoms with van der Waals surface area (Å²) < 4.78 is 5.76. The van der Waals surface area contributed by atoms with Crippen molar-refractivity contribution in [1.29, 1.82) is 0 Å². The first-order valence-electron chi connectivity index (χ1n) is 8.25. The van der Waals surface area contributed by atoms with Crippen molar-refractivity contribution in [3.05, 3.63) is 48.0 Å². The second kappa shape index (κ2) is 5.74. The van der Waals surface area contributed by atoms with Crippen molar-refractivity contribution < 1.29 is 9.53 Å². The van der Waals surface area contributed by atoms with E-state index in [0.29, 0.717) is 18.7 Å². The smallest absolute Gasteiger partial charge is 0.258 e. The lowest BCUT2D eigenvalue weighted by molar-refractivity contribution is 0.0986. The molecule has 0 unspecified atom stereocenters. The molecule has 2 aliphatic rings. The molecular weight excluding hydrogens is 302 g/mol. The molecule has 0 saturated carbocycles. The summed E-state index contributed by atoms with van der Waals surface area (Å²) in [5.41, 5.74) is 3.79. The summed E-state index contributed by atoms with van der Waals surface area (Å²) in [5.74, 6) is 0.915. The number of nitrogens with zero attached hydrogens (tertiary/aromatic N) is 3. The van der Waals surface area contributed by atoms with Crippen LogP contribution in [0.5, 0.6) is 5.75 Å². The summed E-state index contributed by atoms with van der Waals surface area (Å²) >= 11 is 0. The van der Waals surface area contributed by atoms with E-state index < -0.39 is 0 Å². The maximum Gasteiger partial charge on any atom is 0.258 e. The molecule has 24 heavy (non-hydrogen) atoms. The van der Waals surface area contributed by atoms with Gasteiger partial charge in [-0.25, -0.2) is 0 Å². The molecule has 0 fully saturated rings. The monoisotopic (exact) mass is 323 g/mol. The third-order valence-corrected chi connectivity index (χ3v) is 4.67. The van der Waals surface area contributed by atoms with Crippen LogP contribution in [0, 0.1) is 0 Å². The predicted octanol–water partition coefficient (Wildman–Crippen LogP) is 2.61. The van der Waals surface area contributed by atoms with E-state index in [2.05, 4.69) is 4.90 Å². The first kappa shape index (κ1) is 14.9. The second-order valence-electron chi connectivity index (χ2n) is 6.36. The van der Waals surface area contributed by atoms with Gasteiger partial charge in [0.25, 0.3) is 5.91 Å². The molecule has 0 aliphatic carbocycles. The molecule has 0 saturated heterocycles. The van der Waals surface area contributed by atoms with Gasteiger partial charge in [0.15, 0.2) is 0 Å². The van der Waals surface area contributed by atoms with E-state index in [1.54, 1.807) is 0 Å². The fraction of sp³-hybridized carbons (Fsp3) is 0.316. The number of ether oxygens (including phenoxy) is 1. The summed E-state index contributed by atoms with van der Waals surface area (Å²) in [6, 6.07) is 13.7. The maximum absolute atomic E-state index is 13.0. The van der Waals surface area contributed by atoms with E-state index >= 15 is 0 Å². The maximum atomic E-state index is 13.0. The molecule has 0 atom stereocenters. The Labute approximate surface area is 142 Å². The molecule has 0 bridgehead atoms. The van der Waals surface area contributed by atoms with Gasteiger partial charge in [0, 0.05) is 38.4 Å². The van der Waals surface area contributed by atoms with Crippen molar-refractivity contribution in [3.8, 4) is 5.75 Å². The number of carbonyl (C=O) groups is 1. The van der Waals surface area contributed by atoms with Crippen molar-refractivity contribution in [2.24, 2.45) is 0 Å². The Morgan fingerprint density at radius 3 is 2.58 bits per heavy atom. The van der Waals surface area contributed by atoms with Gasteiger partial charge < -0.3 is 19.4 Å². The predicted molar refractivity (Wildman–Crippen MR) is 96.6 cm³/mol. The molecule has 2 heterocycles. The van der Waals surface area contributed by atoms with E-state index in [0.717, 1.165) is 35.9 Å². The summed E-state index contributed by atoms with van der Waals surface area (Å²) in [5, 5.41) is 0. The number of hydrogen-bond donors (Lipinski definition) is 0. The molecule has 2 aromatic carbocycles. The van der Waals surface area contributed by atoms with Crippen LogP contribution in [0.15, 0.2) is 42.5 Å². The van der Waals surface area contributed by atoms with Gasteiger partial charge in [-0.05, 0) is 36.4 Å². The van der Waals surface area contributed by atoms with Gasteiger partial charge in [-0.2, -0.15) is 0 Å². The summed E-state index contributed by atoms with van der Waals surface area (Å²) in [4.78, 5) is 19.2. The molecule has 0 aromatic heterocycles. The van der Waals surface area contributed by atoms with Crippen LogP contribution >= 0.6 is 0 Å². The zero-order valence-electron chi connectivity index (χ0n) is 14.0. The molecule has 2 aromatic rings. The van der Waals surface area contributed by atoms with Crippen LogP contribution in [-0.4, -0.2) is 46.2 Å². The first-order chi connectivity index (χ1) is 11.6. The van der Waals surface area contributed by atoms with Crippen molar-refractivity contribution in [2.75, 3.05) is 55.0 Å². The van der Waals surface area contributed by atoms with Gasteiger partial charge in [-0.15, -0.1) is 0 Å². The van der Waals surface area contributed by atoms with Crippen molar-refractivity contribution >= 4 is 23.0 Å². The highest BCUT2D eigenvalue weighted by Crippen LogP contribution is 2.42. The average Bonchev–Trinajstić information content (AvgIpc) is 2.62. The highest BCUT2D eigenvalue weighted by atomic mass is 16.5. The normalized spacial score (nSPS) is 15.6. The number of anilines is 3. The zero-order chi connectivity index (χ0) is 16.7. The molecule has 124 valence electrons. The number of rotatable bonds is 2. The van der Waals surface area contributed by atoms with E-state index in [1.807, 2.05) is 66.4 Å². The quantitative estimate of drug-likeness (QED) is 0.851. The lowest BCUT2D eigenvalue weighted by Crippen LogP contribution is -2.47. The summed E-state index contributed by atoms with van der Waals surface area (Å²) in [6.07, 6.45) is 0. The van der Waals surface area contributed by atoms with E-state index in [-0.39, 0.29) is 5.91 Å². The number of hydrogen-bond acceptors (Lipinski definition) is 4. The molecule has 2 aliphatic heterocycles. The molecular formula is C19H21N3O2. The Balaban J connectivity index is 1.68. The molecule has 1 amide bonds. The third kappa shape index (κ3) is 2.37. The first-order valence-corrected chi connectivity index (χ1v) is 8.25. The largest absolute Gasteiger partial charge is 0.489 e. The van der Waals surface area contributed by atoms with E-state index in [9.17, 15) is 4.79 Å². The van der Waals surface area contributed by atoms with Crippen LogP contribution in [0.3, 0.4) is 0 Å². The molecule has 0 radical (unpaired) electrons. The van der Waals surface area contributed by atoms with Gasteiger partial charge in [-0.1, -0.05) is 6.07 Å². The lowest BCUT2D eigenvalue weighted by Gasteiger charge is -2.41. The number of para-hydroxylation sites is 1. The van der Waals surface area contributed by atoms with Gasteiger partial charge >= 0.3 is 0 Å². The summed E-state index contributed by atoms with van der Waals surface area (Å²) in [7, 11) is 3.98. The Morgan fingerprint density at radius 2 is 1.83 bits per heavy atom. The third-order valence-electron chi connectivity index (χ3n) is 4.67. The fourth-order valence-corrected chi connectivity index (χ4v) is 3.37. The Bertz CT molecular complexity index is 771. The van der Waals surface area contributed by atoms with E-state index in [1.165, 1.54) is 0 Å². The van der Waals surface area contributed by atoms with Crippen LogP contribution in [0.25, 0.3) is 0 Å². The Kier molecular flexibility index (Phi) is 3.56. The van der Waals surface area contributed by atoms with Crippen LogP contribution in [0.1, 0.15) is 10.4 Å². The second-order valence-corrected chi connectivity index (χ2v) is 6.36. The number of benzene rings is 2. The van der Waals surface area contributed by atoms with Crippen molar-refractivity contribution in [3.63, 3.8) is 0 Å². The number of carbonyl (C=O) groups excluding carboxylic acids is 1. The van der Waals surface area contributed by atoms with Crippen LogP contribution in [0.2, 0.25) is 0 Å². The highest BCUT2D eigenvalue weighted by Gasteiger charge is 2.31. The van der Waals surface area contributed by atoms with Crippen LogP contribution < -0.4 is 19.4 Å². The standard InChI is InChI=1S/C19H21N3O2/c1-20(2)15-8-6-14(7-9-15)19(23)22-11-10-21-12-13-24-17-5-3-4-16(22)18(17)21/h3-9H,10-13H2,1-2H3. The Morgan fingerprint density at radius 1 is 1.04 bits per heavy atom. The molecule has 5 heteroatoms. The molecule has 0 spiro atoms. The SMILES string of the molecule is CN(C)c1ccc(C(=O)N2CCN3CCOc4cccc2c43)cc1. The Hall–Kier alpha value is -2.69. The molecule has 4 rings (SSSR count). The minimum absolute atomic E-state index is 0.0407. The average molecular weight is 323 g/mol.